The van der Waals surface area contributed by atoms with E-state index in [2.05, 4.69) is 15.1 Å². The maximum Gasteiger partial charge on any atom is 0.418 e. The molecule has 5 heterocycles. The molecule has 0 radical (unpaired) electrons. The molecule has 254 valence electrons. The first kappa shape index (κ1) is 33.1. The quantitative estimate of drug-likeness (QED) is 0.281. The molecule has 3 aromatic rings. The Kier molecular flexibility index (Phi) is 9.13. The SMILES string of the molecule is COC/C=C/C(=O)N1CCN(c2nc(CC[C@@H]3CC(F)(F)CN3C)nc3c2CCN(c2c(C(F)(F)F)c(C)cc4[nH]ncc24)C3)CC1. The zero-order chi connectivity index (χ0) is 33.5. The zero-order valence-electron chi connectivity index (χ0n) is 26.7. The number of aromatic amines is 1. The molecule has 0 saturated carbocycles. The molecule has 3 aliphatic rings. The van der Waals surface area contributed by atoms with E-state index < -0.39 is 17.7 Å². The van der Waals surface area contributed by atoms with Crippen LogP contribution in [0.3, 0.4) is 0 Å². The molecule has 15 heteroatoms. The summed E-state index contributed by atoms with van der Waals surface area (Å²) in [5.41, 5.74) is 1.46. The molecule has 2 saturated heterocycles. The van der Waals surface area contributed by atoms with Gasteiger partial charge in [0.15, 0.2) is 0 Å². The second-order valence-corrected chi connectivity index (χ2v) is 12.6. The topological polar surface area (TPSA) is 93.7 Å². The Bertz CT molecular complexity index is 1650. The van der Waals surface area contributed by atoms with Crippen molar-refractivity contribution in [2.75, 3.05) is 69.8 Å². The number of rotatable bonds is 8. The minimum absolute atomic E-state index is 0.0667. The van der Waals surface area contributed by atoms with E-state index in [1.165, 1.54) is 25.3 Å². The smallest absolute Gasteiger partial charge is 0.381 e. The van der Waals surface area contributed by atoms with Crippen molar-refractivity contribution in [1.82, 2.24) is 30.0 Å². The third-order valence-electron chi connectivity index (χ3n) is 9.36. The number of halogens is 5. The first-order valence-corrected chi connectivity index (χ1v) is 15.8. The molecule has 0 aliphatic carbocycles. The number of H-pyrrole nitrogens is 1. The Hall–Kier alpha value is -3.85. The number of hydrogen-bond acceptors (Lipinski definition) is 8. The normalized spacial score (nSPS) is 20.5. The van der Waals surface area contributed by atoms with Crippen LogP contribution in [-0.2, 0) is 35.1 Å². The van der Waals surface area contributed by atoms with E-state index in [0.717, 1.165) is 5.56 Å². The van der Waals surface area contributed by atoms with Crippen LogP contribution in [0.5, 0.6) is 0 Å². The second kappa shape index (κ2) is 13.0. The number of benzene rings is 1. The molecule has 47 heavy (non-hydrogen) atoms. The predicted octanol–water partition coefficient (Wildman–Crippen LogP) is 4.37. The van der Waals surface area contributed by atoms with Crippen LogP contribution in [-0.4, -0.2) is 108 Å². The van der Waals surface area contributed by atoms with Gasteiger partial charge in [-0.3, -0.25) is 14.8 Å². The van der Waals surface area contributed by atoms with Gasteiger partial charge in [-0.2, -0.15) is 18.3 Å². The predicted molar refractivity (Wildman–Crippen MR) is 167 cm³/mol. The van der Waals surface area contributed by atoms with Crippen LogP contribution in [0, 0.1) is 6.92 Å². The molecule has 2 fully saturated rings. The van der Waals surface area contributed by atoms with Crippen molar-refractivity contribution in [3.8, 4) is 0 Å². The summed E-state index contributed by atoms with van der Waals surface area (Å²) in [6, 6.07) is 1.13. The van der Waals surface area contributed by atoms with Crippen molar-refractivity contribution in [1.29, 1.82) is 0 Å². The van der Waals surface area contributed by atoms with E-state index in [-0.39, 0.29) is 42.7 Å². The minimum Gasteiger partial charge on any atom is -0.381 e. The number of nitrogens with zero attached hydrogens (tertiary/aromatic N) is 7. The zero-order valence-corrected chi connectivity index (χ0v) is 26.7. The number of anilines is 2. The summed E-state index contributed by atoms with van der Waals surface area (Å²) in [6.07, 6.45) is 0.946. The number of carbonyl (C=O) groups is 1. The third-order valence-corrected chi connectivity index (χ3v) is 9.36. The summed E-state index contributed by atoms with van der Waals surface area (Å²) < 4.78 is 76.7. The summed E-state index contributed by atoms with van der Waals surface area (Å²) in [5, 5.41) is 7.21. The van der Waals surface area contributed by atoms with Crippen LogP contribution >= 0.6 is 0 Å². The fourth-order valence-electron chi connectivity index (χ4n) is 7.08. The van der Waals surface area contributed by atoms with Crippen LogP contribution in [0.15, 0.2) is 24.4 Å². The van der Waals surface area contributed by atoms with Gasteiger partial charge >= 0.3 is 6.18 Å². The Morgan fingerprint density at radius 2 is 1.91 bits per heavy atom. The van der Waals surface area contributed by atoms with Gasteiger partial charge in [0.2, 0.25) is 5.91 Å². The minimum atomic E-state index is -4.58. The number of carbonyl (C=O) groups excluding carboxylic acids is 1. The largest absolute Gasteiger partial charge is 0.418 e. The van der Waals surface area contributed by atoms with Gasteiger partial charge in [-0.25, -0.2) is 18.7 Å². The summed E-state index contributed by atoms with van der Waals surface area (Å²) >= 11 is 0. The number of aromatic nitrogens is 4. The number of hydrogen-bond donors (Lipinski definition) is 1. The highest BCUT2D eigenvalue weighted by Crippen LogP contribution is 2.44. The standard InChI is InChI=1S/C32H39F5N8O2/c1-20-15-24-23(17-38-41-24)29(28(20)32(35,36)37)45-9-8-22-25(18-45)39-26(7-6-21-16-31(33,34)19-42(21)2)40-30(22)44-12-10-43(11-13-44)27(46)5-4-14-47-3/h4-5,15,17,21H,6-14,16,18-19H2,1-3H3,(H,38,41)/b5-4+/t21-/m1/s1. The van der Waals surface area contributed by atoms with Crippen molar-refractivity contribution in [2.24, 2.45) is 0 Å². The van der Waals surface area contributed by atoms with Crippen LogP contribution < -0.4 is 9.80 Å². The van der Waals surface area contributed by atoms with E-state index >= 15 is 0 Å². The molecule has 1 aromatic carbocycles. The summed E-state index contributed by atoms with van der Waals surface area (Å²) in [6.45, 7) is 3.88. The van der Waals surface area contributed by atoms with Gasteiger partial charge in [-0.15, -0.1) is 0 Å². The Labute approximate surface area is 269 Å². The average Bonchev–Trinajstić information content (AvgIpc) is 3.59. The van der Waals surface area contributed by atoms with Gasteiger partial charge in [-0.05, 0) is 38.4 Å². The lowest BCUT2D eigenvalue weighted by molar-refractivity contribution is -0.137. The molecule has 2 aromatic heterocycles. The number of methoxy groups -OCH3 is 1. The monoisotopic (exact) mass is 662 g/mol. The van der Waals surface area contributed by atoms with Crippen LogP contribution in [0.4, 0.5) is 33.5 Å². The fraction of sp³-hybridized carbons (Fsp3) is 0.562. The van der Waals surface area contributed by atoms with Crippen LogP contribution in [0.1, 0.15) is 41.1 Å². The summed E-state index contributed by atoms with van der Waals surface area (Å²) in [5.74, 6) is -1.69. The molecule has 0 spiro atoms. The lowest BCUT2D eigenvalue weighted by atomic mass is 9.98. The Morgan fingerprint density at radius 1 is 1.15 bits per heavy atom. The van der Waals surface area contributed by atoms with E-state index in [1.54, 1.807) is 34.9 Å². The molecule has 3 aliphatic heterocycles. The molecule has 1 N–H and O–H groups in total. The van der Waals surface area contributed by atoms with E-state index in [9.17, 15) is 26.7 Å². The maximum absolute atomic E-state index is 14.5. The van der Waals surface area contributed by atoms with Gasteiger partial charge in [0.1, 0.15) is 11.6 Å². The van der Waals surface area contributed by atoms with Crippen molar-refractivity contribution in [3.63, 3.8) is 0 Å². The van der Waals surface area contributed by atoms with E-state index in [1.807, 2.05) is 0 Å². The van der Waals surface area contributed by atoms with Gasteiger partial charge in [0.05, 0.1) is 48.4 Å². The number of nitrogens with one attached hydrogen (secondary N) is 1. The number of likely N-dealkylation sites (tertiary alicyclic amines) is 1. The average molecular weight is 663 g/mol. The lowest BCUT2D eigenvalue weighted by Crippen LogP contribution is -2.49. The molecule has 0 unspecified atom stereocenters. The molecular formula is C32H39F5N8O2. The molecule has 10 nitrogen and oxygen atoms in total. The molecular weight excluding hydrogens is 623 g/mol. The van der Waals surface area contributed by atoms with E-state index in [0.29, 0.717) is 86.8 Å². The number of ether oxygens (including phenoxy) is 1. The summed E-state index contributed by atoms with van der Waals surface area (Å²) in [4.78, 5) is 29.7. The molecule has 1 amide bonds. The van der Waals surface area contributed by atoms with Crippen molar-refractivity contribution in [3.05, 3.63) is 52.6 Å². The number of piperazine rings is 1. The van der Waals surface area contributed by atoms with Crippen LogP contribution in [0.25, 0.3) is 10.9 Å². The Morgan fingerprint density at radius 3 is 2.60 bits per heavy atom. The fourth-order valence-corrected chi connectivity index (χ4v) is 7.08. The third kappa shape index (κ3) is 6.91. The first-order valence-electron chi connectivity index (χ1n) is 15.8. The van der Waals surface area contributed by atoms with Crippen molar-refractivity contribution >= 4 is 28.3 Å². The van der Waals surface area contributed by atoms with Gasteiger partial charge < -0.3 is 19.4 Å². The van der Waals surface area contributed by atoms with E-state index in [4.69, 9.17) is 14.7 Å². The van der Waals surface area contributed by atoms with Crippen LogP contribution in [0.2, 0.25) is 0 Å². The highest BCUT2D eigenvalue weighted by atomic mass is 19.4. The van der Waals surface area contributed by atoms with Crippen molar-refractivity contribution < 1.29 is 31.5 Å². The second-order valence-electron chi connectivity index (χ2n) is 12.6. The summed E-state index contributed by atoms with van der Waals surface area (Å²) in [7, 11) is 3.24. The molecule has 0 bridgehead atoms. The Balaban J connectivity index is 1.31. The number of fused-ring (bicyclic) bond motifs is 2. The molecule has 1 atom stereocenters. The number of aryl methyl sites for hydroxylation is 2. The van der Waals surface area contributed by atoms with Gasteiger partial charge in [-0.1, -0.05) is 6.08 Å². The number of amides is 1. The lowest BCUT2D eigenvalue weighted by Gasteiger charge is -2.38. The van der Waals surface area contributed by atoms with Gasteiger partial charge in [0, 0.05) is 75.7 Å². The highest BCUT2D eigenvalue weighted by Gasteiger charge is 2.43. The highest BCUT2D eigenvalue weighted by molar-refractivity contribution is 5.95. The van der Waals surface area contributed by atoms with Crippen molar-refractivity contribution in [2.45, 2.75) is 57.3 Å². The van der Waals surface area contributed by atoms with Gasteiger partial charge in [0.25, 0.3) is 5.92 Å². The first-order chi connectivity index (χ1) is 22.3. The number of alkyl halides is 5. The maximum atomic E-state index is 14.5. The molecule has 6 rings (SSSR count).